The third kappa shape index (κ3) is 3.95. The fourth-order valence-electron chi connectivity index (χ4n) is 2.17. The van der Waals surface area contributed by atoms with Crippen LogP contribution in [0.15, 0.2) is 42.5 Å². The Hall–Kier alpha value is -2.09. The lowest BCUT2D eigenvalue weighted by molar-refractivity contribution is -0.140. The summed E-state index contributed by atoms with van der Waals surface area (Å²) in [6, 6.07) is 12.9. The first-order chi connectivity index (χ1) is 9.69. The van der Waals surface area contributed by atoms with Crippen molar-refractivity contribution in [2.24, 2.45) is 0 Å². The molecule has 0 fully saturated rings. The summed E-state index contributed by atoms with van der Waals surface area (Å²) in [6.45, 7) is 2.11. The number of allylic oxidation sites excluding steroid dienone is 1. The monoisotopic (exact) mass is 268 g/mol. The average Bonchev–Trinajstić information content (AvgIpc) is 2.46. The molecule has 104 valence electrons. The van der Waals surface area contributed by atoms with Gasteiger partial charge in [0, 0.05) is 6.42 Å². The summed E-state index contributed by atoms with van der Waals surface area (Å²) in [5.41, 5.74) is 2.48. The van der Waals surface area contributed by atoms with Gasteiger partial charge in [-0.05, 0) is 42.2 Å². The zero-order valence-corrected chi connectivity index (χ0v) is 12.1. The molecule has 2 aromatic rings. The molecule has 2 nitrogen and oxygen atoms in total. The van der Waals surface area contributed by atoms with Crippen molar-refractivity contribution in [1.82, 2.24) is 0 Å². The number of ether oxygens (including phenoxy) is 1. The van der Waals surface area contributed by atoms with Crippen molar-refractivity contribution in [3.63, 3.8) is 0 Å². The molecule has 0 saturated heterocycles. The molecule has 0 spiro atoms. The number of fused-ring (bicyclic) bond motifs is 1. The molecule has 0 heterocycles. The second kappa shape index (κ2) is 6.90. The summed E-state index contributed by atoms with van der Waals surface area (Å²) in [4.78, 5) is 11.0. The van der Waals surface area contributed by atoms with Crippen LogP contribution in [0.2, 0.25) is 0 Å². The van der Waals surface area contributed by atoms with Crippen LogP contribution in [0.1, 0.15) is 30.4 Å². The maximum Gasteiger partial charge on any atom is 0.305 e. The lowest BCUT2D eigenvalue weighted by Gasteiger charge is -2.01. The molecule has 2 rings (SSSR count). The molecular formula is C18H20O2. The number of hydrogen-bond donors (Lipinski definition) is 0. The summed E-state index contributed by atoms with van der Waals surface area (Å²) in [5, 5.41) is 2.53. The molecule has 0 aliphatic heterocycles. The van der Waals surface area contributed by atoms with Crippen LogP contribution in [-0.4, -0.2) is 13.1 Å². The number of benzene rings is 2. The normalized spacial score (nSPS) is 11.1. The van der Waals surface area contributed by atoms with Gasteiger partial charge in [0.1, 0.15) is 0 Å². The SMILES string of the molecule is COC(=O)CCCC=Cc1ccc2cc(C)ccc2c1. The predicted molar refractivity (Wildman–Crippen MR) is 83.6 cm³/mol. The van der Waals surface area contributed by atoms with Crippen LogP contribution in [0.4, 0.5) is 0 Å². The first-order valence-electron chi connectivity index (χ1n) is 6.93. The molecular weight excluding hydrogens is 248 g/mol. The molecule has 2 aromatic carbocycles. The Labute approximate surface area is 120 Å². The Morgan fingerprint density at radius 3 is 2.70 bits per heavy atom. The van der Waals surface area contributed by atoms with Crippen LogP contribution in [0, 0.1) is 6.92 Å². The smallest absolute Gasteiger partial charge is 0.305 e. The van der Waals surface area contributed by atoms with E-state index in [1.165, 1.54) is 29.0 Å². The van der Waals surface area contributed by atoms with Gasteiger partial charge in [0.25, 0.3) is 0 Å². The van der Waals surface area contributed by atoms with Crippen molar-refractivity contribution < 1.29 is 9.53 Å². The zero-order chi connectivity index (χ0) is 14.4. The van der Waals surface area contributed by atoms with Crippen LogP contribution in [0.5, 0.6) is 0 Å². The van der Waals surface area contributed by atoms with E-state index in [1.54, 1.807) is 0 Å². The largest absolute Gasteiger partial charge is 0.469 e. The number of unbranched alkanes of at least 4 members (excludes halogenated alkanes) is 1. The molecule has 0 aliphatic rings. The van der Waals surface area contributed by atoms with Crippen LogP contribution < -0.4 is 0 Å². The number of methoxy groups -OCH3 is 1. The van der Waals surface area contributed by atoms with Gasteiger partial charge in [-0.2, -0.15) is 0 Å². The van der Waals surface area contributed by atoms with E-state index in [1.807, 2.05) is 0 Å². The minimum Gasteiger partial charge on any atom is -0.469 e. The van der Waals surface area contributed by atoms with Crippen molar-refractivity contribution in [3.8, 4) is 0 Å². The van der Waals surface area contributed by atoms with Crippen molar-refractivity contribution in [2.75, 3.05) is 7.11 Å². The predicted octanol–water partition coefficient (Wildman–Crippen LogP) is 4.50. The Bertz CT molecular complexity index is 626. The first-order valence-corrected chi connectivity index (χ1v) is 6.93. The van der Waals surface area contributed by atoms with Gasteiger partial charge in [-0.15, -0.1) is 0 Å². The van der Waals surface area contributed by atoms with E-state index in [4.69, 9.17) is 0 Å². The number of esters is 1. The summed E-state index contributed by atoms with van der Waals surface area (Å²) in [7, 11) is 1.43. The second-order valence-electron chi connectivity index (χ2n) is 4.98. The van der Waals surface area contributed by atoms with Gasteiger partial charge >= 0.3 is 5.97 Å². The highest BCUT2D eigenvalue weighted by atomic mass is 16.5. The summed E-state index contributed by atoms with van der Waals surface area (Å²) < 4.78 is 4.61. The molecule has 20 heavy (non-hydrogen) atoms. The molecule has 0 atom stereocenters. The number of aryl methyl sites for hydroxylation is 1. The molecule has 0 amide bonds. The van der Waals surface area contributed by atoms with E-state index in [0.717, 1.165) is 12.8 Å². The van der Waals surface area contributed by atoms with Gasteiger partial charge < -0.3 is 4.74 Å². The van der Waals surface area contributed by atoms with E-state index >= 15 is 0 Å². The number of carbonyl (C=O) groups is 1. The van der Waals surface area contributed by atoms with E-state index in [-0.39, 0.29) is 5.97 Å². The summed E-state index contributed by atoms with van der Waals surface area (Å²) >= 11 is 0. The van der Waals surface area contributed by atoms with Crippen molar-refractivity contribution in [1.29, 1.82) is 0 Å². The number of rotatable bonds is 5. The van der Waals surface area contributed by atoms with Crippen LogP contribution in [-0.2, 0) is 9.53 Å². The van der Waals surface area contributed by atoms with E-state index in [2.05, 4.69) is 60.2 Å². The molecule has 0 aromatic heterocycles. The van der Waals surface area contributed by atoms with E-state index in [0.29, 0.717) is 6.42 Å². The van der Waals surface area contributed by atoms with Crippen molar-refractivity contribution in [3.05, 3.63) is 53.6 Å². The number of carbonyl (C=O) groups excluding carboxylic acids is 1. The average molecular weight is 268 g/mol. The van der Waals surface area contributed by atoms with Gasteiger partial charge in [0.05, 0.1) is 7.11 Å². The van der Waals surface area contributed by atoms with Crippen LogP contribution >= 0.6 is 0 Å². The Kier molecular flexibility index (Phi) is 4.94. The molecule has 2 heteroatoms. The Balaban J connectivity index is 1.96. The van der Waals surface area contributed by atoms with Gasteiger partial charge in [0.2, 0.25) is 0 Å². The molecule has 0 saturated carbocycles. The van der Waals surface area contributed by atoms with Gasteiger partial charge in [0.15, 0.2) is 0 Å². The Morgan fingerprint density at radius 1 is 1.15 bits per heavy atom. The maximum atomic E-state index is 11.0. The zero-order valence-electron chi connectivity index (χ0n) is 12.1. The third-order valence-electron chi connectivity index (χ3n) is 3.31. The van der Waals surface area contributed by atoms with E-state index < -0.39 is 0 Å². The lowest BCUT2D eigenvalue weighted by atomic mass is 10.0. The molecule has 0 unspecified atom stereocenters. The molecule has 0 aliphatic carbocycles. The fourth-order valence-corrected chi connectivity index (χ4v) is 2.17. The number of hydrogen-bond acceptors (Lipinski definition) is 2. The lowest BCUT2D eigenvalue weighted by Crippen LogP contribution is -1.98. The van der Waals surface area contributed by atoms with Crippen LogP contribution in [0.25, 0.3) is 16.8 Å². The topological polar surface area (TPSA) is 26.3 Å². The third-order valence-corrected chi connectivity index (χ3v) is 3.31. The minimum atomic E-state index is -0.139. The van der Waals surface area contributed by atoms with Gasteiger partial charge in [-0.1, -0.05) is 48.0 Å². The van der Waals surface area contributed by atoms with Crippen molar-refractivity contribution >= 4 is 22.8 Å². The van der Waals surface area contributed by atoms with E-state index in [9.17, 15) is 4.79 Å². The highest BCUT2D eigenvalue weighted by Gasteiger charge is 1.97. The summed E-state index contributed by atoms with van der Waals surface area (Å²) in [6.07, 6.45) is 6.42. The summed E-state index contributed by atoms with van der Waals surface area (Å²) in [5.74, 6) is -0.139. The quantitative estimate of drug-likeness (QED) is 0.589. The molecule has 0 N–H and O–H groups in total. The highest BCUT2D eigenvalue weighted by Crippen LogP contribution is 2.18. The standard InChI is InChI=1S/C18H20O2/c1-14-8-10-17-13-15(9-11-16(17)12-14)6-4-3-5-7-18(19)20-2/h4,6,8-13H,3,5,7H2,1-2H3. The van der Waals surface area contributed by atoms with Gasteiger partial charge in [-0.25, -0.2) is 0 Å². The minimum absolute atomic E-state index is 0.139. The van der Waals surface area contributed by atoms with Crippen LogP contribution in [0.3, 0.4) is 0 Å². The second-order valence-corrected chi connectivity index (χ2v) is 4.98. The van der Waals surface area contributed by atoms with Gasteiger partial charge in [-0.3, -0.25) is 4.79 Å². The molecule has 0 bridgehead atoms. The fraction of sp³-hybridized carbons (Fsp3) is 0.278. The first kappa shape index (κ1) is 14.3. The Morgan fingerprint density at radius 2 is 1.90 bits per heavy atom. The molecule has 0 radical (unpaired) electrons. The van der Waals surface area contributed by atoms with Crippen molar-refractivity contribution in [2.45, 2.75) is 26.2 Å². The maximum absolute atomic E-state index is 11.0. The highest BCUT2D eigenvalue weighted by molar-refractivity contribution is 5.85.